The molecule has 2 atom stereocenters. The first-order chi connectivity index (χ1) is 7.00. The lowest BCUT2D eigenvalue weighted by Gasteiger charge is -2.14. The van der Waals surface area contributed by atoms with E-state index in [9.17, 15) is 9.18 Å². The van der Waals surface area contributed by atoms with Crippen LogP contribution in [0.2, 0.25) is 0 Å². The third kappa shape index (κ3) is 4.14. The van der Waals surface area contributed by atoms with Crippen molar-refractivity contribution in [1.29, 1.82) is 0 Å². The predicted molar refractivity (Wildman–Crippen MR) is 59.0 cm³/mol. The zero-order valence-corrected chi connectivity index (χ0v) is 9.15. The molecule has 90 valence electrons. The average molecular weight is 250 g/mol. The molecule has 0 aromatic heterocycles. The van der Waals surface area contributed by atoms with Gasteiger partial charge in [-0.05, 0) is 24.1 Å². The minimum Gasteiger partial charge on any atom is -0.479 e. The Bertz CT molecular complexity index is 344. The SMILES string of the molecule is Cl.N[C@H](Cc1ccc(F)cc1)C(O)C(=O)O. The van der Waals surface area contributed by atoms with Crippen molar-refractivity contribution in [3.8, 4) is 0 Å². The lowest BCUT2D eigenvalue weighted by atomic mass is 10.0. The highest BCUT2D eigenvalue weighted by atomic mass is 35.5. The first-order valence-corrected chi connectivity index (χ1v) is 4.41. The van der Waals surface area contributed by atoms with E-state index in [1.165, 1.54) is 24.3 Å². The summed E-state index contributed by atoms with van der Waals surface area (Å²) >= 11 is 0. The summed E-state index contributed by atoms with van der Waals surface area (Å²) in [6.45, 7) is 0. The van der Waals surface area contributed by atoms with Crippen LogP contribution in [0.4, 0.5) is 4.39 Å². The Kier molecular flexibility index (Phi) is 5.95. The minimum atomic E-state index is -1.60. The van der Waals surface area contributed by atoms with Crippen molar-refractivity contribution in [2.24, 2.45) is 5.73 Å². The van der Waals surface area contributed by atoms with Gasteiger partial charge >= 0.3 is 5.97 Å². The molecule has 0 amide bonds. The minimum absolute atomic E-state index is 0. The van der Waals surface area contributed by atoms with Gasteiger partial charge in [0, 0.05) is 6.04 Å². The zero-order chi connectivity index (χ0) is 11.4. The highest BCUT2D eigenvalue weighted by Gasteiger charge is 2.21. The maximum atomic E-state index is 12.5. The van der Waals surface area contributed by atoms with Crippen molar-refractivity contribution in [2.45, 2.75) is 18.6 Å². The number of aliphatic hydroxyl groups is 1. The molecule has 0 aliphatic carbocycles. The van der Waals surface area contributed by atoms with Crippen LogP contribution in [0, 0.1) is 5.82 Å². The predicted octanol–water partition coefficient (Wildman–Crippen LogP) is 0.563. The summed E-state index contributed by atoms with van der Waals surface area (Å²) < 4.78 is 12.5. The average Bonchev–Trinajstić information content (AvgIpc) is 2.20. The van der Waals surface area contributed by atoms with Crippen molar-refractivity contribution >= 4 is 18.4 Å². The number of rotatable bonds is 4. The molecule has 0 spiro atoms. The summed E-state index contributed by atoms with van der Waals surface area (Å²) in [6.07, 6.45) is -1.41. The fraction of sp³-hybridized carbons (Fsp3) is 0.300. The van der Waals surface area contributed by atoms with Gasteiger partial charge in [-0.15, -0.1) is 12.4 Å². The van der Waals surface area contributed by atoms with Gasteiger partial charge < -0.3 is 15.9 Å². The van der Waals surface area contributed by atoms with Crippen LogP contribution in [0.25, 0.3) is 0 Å². The number of hydrogen-bond acceptors (Lipinski definition) is 3. The standard InChI is InChI=1S/C10H12FNO3.ClH/c11-7-3-1-6(2-4-7)5-8(12)9(13)10(14)15;/h1-4,8-9,13H,5,12H2,(H,14,15);1H/t8-,9?;/m1./s1. The van der Waals surface area contributed by atoms with Crippen LogP contribution in [0.1, 0.15) is 5.56 Å². The van der Waals surface area contributed by atoms with E-state index in [0.717, 1.165) is 0 Å². The van der Waals surface area contributed by atoms with E-state index in [0.29, 0.717) is 5.56 Å². The fourth-order valence-corrected chi connectivity index (χ4v) is 1.19. The van der Waals surface area contributed by atoms with Gasteiger partial charge in [0.15, 0.2) is 6.10 Å². The molecule has 1 unspecified atom stereocenters. The largest absolute Gasteiger partial charge is 0.479 e. The van der Waals surface area contributed by atoms with Crippen molar-refractivity contribution in [1.82, 2.24) is 0 Å². The molecule has 1 aromatic rings. The van der Waals surface area contributed by atoms with Gasteiger partial charge in [0.25, 0.3) is 0 Å². The smallest absolute Gasteiger partial charge is 0.334 e. The molecule has 0 fully saturated rings. The summed E-state index contributed by atoms with van der Waals surface area (Å²) in [5.41, 5.74) is 6.15. The van der Waals surface area contributed by atoms with Gasteiger partial charge in [-0.2, -0.15) is 0 Å². The highest BCUT2D eigenvalue weighted by molar-refractivity contribution is 5.85. The van der Waals surface area contributed by atoms with Crippen molar-refractivity contribution in [2.75, 3.05) is 0 Å². The number of carboxylic acid groups (broad SMARTS) is 1. The summed E-state index contributed by atoms with van der Waals surface area (Å²) in [6, 6.07) is 4.63. The highest BCUT2D eigenvalue weighted by Crippen LogP contribution is 2.06. The van der Waals surface area contributed by atoms with E-state index in [1.807, 2.05) is 0 Å². The Morgan fingerprint density at radius 3 is 2.31 bits per heavy atom. The van der Waals surface area contributed by atoms with E-state index in [4.69, 9.17) is 15.9 Å². The molecule has 1 rings (SSSR count). The molecule has 0 bridgehead atoms. The number of carbonyl (C=O) groups is 1. The second kappa shape index (κ2) is 6.42. The Morgan fingerprint density at radius 2 is 1.88 bits per heavy atom. The van der Waals surface area contributed by atoms with Crippen molar-refractivity contribution < 1.29 is 19.4 Å². The number of benzene rings is 1. The molecule has 0 radical (unpaired) electrons. The Hall–Kier alpha value is -1.17. The van der Waals surface area contributed by atoms with Crippen LogP contribution in [-0.4, -0.2) is 28.3 Å². The number of aliphatic hydroxyl groups excluding tert-OH is 1. The van der Waals surface area contributed by atoms with Gasteiger partial charge in [-0.3, -0.25) is 0 Å². The number of halogens is 2. The topological polar surface area (TPSA) is 83.5 Å². The molecule has 4 nitrogen and oxygen atoms in total. The quantitative estimate of drug-likeness (QED) is 0.728. The summed E-state index contributed by atoms with van der Waals surface area (Å²) in [7, 11) is 0. The van der Waals surface area contributed by atoms with Crippen LogP contribution in [0.15, 0.2) is 24.3 Å². The van der Waals surface area contributed by atoms with E-state index in [-0.39, 0.29) is 24.6 Å². The Labute approximate surface area is 98.3 Å². The lowest BCUT2D eigenvalue weighted by Crippen LogP contribution is -2.41. The maximum Gasteiger partial charge on any atom is 0.334 e. The molecule has 0 heterocycles. The van der Waals surface area contributed by atoms with Crippen LogP contribution in [-0.2, 0) is 11.2 Å². The number of hydrogen-bond donors (Lipinski definition) is 3. The molecule has 4 N–H and O–H groups in total. The lowest BCUT2D eigenvalue weighted by molar-refractivity contribution is -0.147. The molecule has 1 aromatic carbocycles. The zero-order valence-electron chi connectivity index (χ0n) is 8.34. The maximum absolute atomic E-state index is 12.5. The second-order valence-corrected chi connectivity index (χ2v) is 3.28. The summed E-state index contributed by atoms with van der Waals surface area (Å²) in [4.78, 5) is 10.4. The summed E-state index contributed by atoms with van der Waals surface area (Å²) in [5.74, 6) is -1.73. The van der Waals surface area contributed by atoms with Crippen molar-refractivity contribution in [3.63, 3.8) is 0 Å². The van der Waals surface area contributed by atoms with Crippen LogP contribution >= 0.6 is 12.4 Å². The van der Waals surface area contributed by atoms with Gasteiger partial charge in [-0.1, -0.05) is 12.1 Å². The van der Waals surface area contributed by atoms with E-state index < -0.39 is 18.1 Å². The number of carboxylic acids is 1. The molecular weight excluding hydrogens is 237 g/mol. The summed E-state index contributed by atoms with van der Waals surface area (Å²) in [5, 5.41) is 17.6. The van der Waals surface area contributed by atoms with Gasteiger partial charge in [0.05, 0.1) is 0 Å². The van der Waals surface area contributed by atoms with E-state index in [1.54, 1.807) is 0 Å². The first kappa shape index (κ1) is 14.8. The van der Waals surface area contributed by atoms with Gasteiger partial charge in [0.2, 0.25) is 0 Å². The monoisotopic (exact) mass is 249 g/mol. The van der Waals surface area contributed by atoms with E-state index >= 15 is 0 Å². The van der Waals surface area contributed by atoms with Crippen LogP contribution in [0.3, 0.4) is 0 Å². The van der Waals surface area contributed by atoms with Crippen LogP contribution < -0.4 is 5.73 Å². The van der Waals surface area contributed by atoms with Gasteiger partial charge in [0.1, 0.15) is 5.82 Å². The van der Waals surface area contributed by atoms with Crippen LogP contribution in [0.5, 0.6) is 0 Å². The van der Waals surface area contributed by atoms with E-state index in [2.05, 4.69) is 0 Å². The number of nitrogens with two attached hydrogens (primary N) is 1. The molecule has 6 heteroatoms. The Balaban J connectivity index is 0.00000225. The first-order valence-electron chi connectivity index (χ1n) is 4.41. The molecule has 16 heavy (non-hydrogen) atoms. The molecule has 0 saturated heterocycles. The molecule has 0 aliphatic heterocycles. The second-order valence-electron chi connectivity index (χ2n) is 3.28. The molecule has 0 aliphatic rings. The molecule has 0 saturated carbocycles. The number of aliphatic carboxylic acids is 1. The third-order valence-corrected chi connectivity index (χ3v) is 2.04. The van der Waals surface area contributed by atoms with Gasteiger partial charge in [-0.25, -0.2) is 9.18 Å². The Morgan fingerprint density at radius 1 is 1.38 bits per heavy atom. The van der Waals surface area contributed by atoms with Crippen molar-refractivity contribution in [3.05, 3.63) is 35.6 Å². The molecular formula is C10H13ClFNO3. The fourth-order valence-electron chi connectivity index (χ4n) is 1.19. The third-order valence-electron chi connectivity index (χ3n) is 2.04. The normalized spacial score (nSPS) is 13.7.